The zero-order valence-electron chi connectivity index (χ0n) is 6.65. The fraction of sp³-hybridized carbons (Fsp3) is 0.111. The standard InChI is InChI=1S/C9H8N2O/c1-6-5-10-11-9-7(6)3-2-4-8(9)12/h2-5,12H,1H3. The molecule has 1 aromatic carbocycles. The van der Waals surface area contributed by atoms with Crippen LogP contribution < -0.4 is 0 Å². The van der Waals surface area contributed by atoms with Gasteiger partial charge in [0.1, 0.15) is 11.3 Å². The molecular weight excluding hydrogens is 152 g/mol. The summed E-state index contributed by atoms with van der Waals surface area (Å²) in [7, 11) is 0. The molecule has 0 aliphatic heterocycles. The lowest BCUT2D eigenvalue weighted by Crippen LogP contribution is -1.86. The highest BCUT2D eigenvalue weighted by atomic mass is 16.3. The summed E-state index contributed by atoms with van der Waals surface area (Å²) < 4.78 is 0. The maximum absolute atomic E-state index is 9.39. The SMILES string of the molecule is Cc1cnnc2c(O)cccc12. The van der Waals surface area contributed by atoms with Gasteiger partial charge in [0.25, 0.3) is 0 Å². The molecule has 0 spiro atoms. The fourth-order valence-corrected chi connectivity index (χ4v) is 1.20. The minimum absolute atomic E-state index is 0.184. The van der Waals surface area contributed by atoms with Crippen LogP contribution in [0.2, 0.25) is 0 Å². The van der Waals surface area contributed by atoms with Gasteiger partial charge in [0.05, 0.1) is 6.20 Å². The number of rotatable bonds is 0. The zero-order chi connectivity index (χ0) is 8.55. The number of phenols is 1. The number of hydrogen-bond acceptors (Lipinski definition) is 3. The van der Waals surface area contributed by atoms with Gasteiger partial charge in [-0.05, 0) is 18.6 Å². The number of aromatic hydroxyl groups is 1. The highest BCUT2D eigenvalue weighted by molar-refractivity contribution is 5.85. The average molecular weight is 160 g/mol. The normalized spacial score (nSPS) is 10.4. The van der Waals surface area contributed by atoms with Crippen LogP contribution in [0.25, 0.3) is 10.9 Å². The Morgan fingerprint density at radius 1 is 1.33 bits per heavy atom. The Balaban J connectivity index is 2.94. The molecular formula is C9H8N2O. The van der Waals surface area contributed by atoms with Crippen LogP contribution in [-0.2, 0) is 0 Å². The molecule has 0 aliphatic carbocycles. The Kier molecular flexibility index (Phi) is 1.43. The van der Waals surface area contributed by atoms with E-state index < -0.39 is 0 Å². The molecule has 0 radical (unpaired) electrons. The van der Waals surface area contributed by atoms with E-state index in [-0.39, 0.29) is 5.75 Å². The lowest BCUT2D eigenvalue weighted by Gasteiger charge is -2.00. The first-order valence-corrected chi connectivity index (χ1v) is 3.69. The fourth-order valence-electron chi connectivity index (χ4n) is 1.20. The van der Waals surface area contributed by atoms with E-state index in [0.717, 1.165) is 10.9 Å². The summed E-state index contributed by atoms with van der Waals surface area (Å²) >= 11 is 0. The maximum atomic E-state index is 9.39. The molecule has 3 nitrogen and oxygen atoms in total. The van der Waals surface area contributed by atoms with Gasteiger partial charge in [-0.15, -0.1) is 5.10 Å². The van der Waals surface area contributed by atoms with Crippen molar-refractivity contribution in [3.63, 3.8) is 0 Å². The first-order valence-electron chi connectivity index (χ1n) is 3.69. The van der Waals surface area contributed by atoms with Crippen molar-refractivity contribution in [3.05, 3.63) is 30.0 Å². The van der Waals surface area contributed by atoms with Crippen LogP contribution in [0, 0.1) is 6.92 Å². The molecule has 12 heavy (non-hydrogen) atoms. The molecule has 1 aromatic heterocycles. The summed E-state index contributed by atoms with van der Waals surface area (Å²) in [5.74, 6) is 0.184. The zero-order valence-corrected chi connectivity index (χ0v) is 6.65. The van der Waals surface area contributed by atoms with E-state index >= 15 is 0 Å². The van der Waals surface area contributed by atoms with Crippen molar-refractivity contribution in [1.29, 1.82) is 0 Å². The molecule has 3 heteroatoms. The molecule has 0 fully saturated rings. The summed E-state index contributed by atoms with van der Waals surface area (Å²) in [4.78, 5) is 0. The molecule has 2 aromatic rings. The van der Waals surface area contributed by atoms with Crippen LogP contribution in [0.3, 0.4) is 0 Å². The third kappa shape index (κ3) is 0.906. The largest absolute Gasteiger partial charge is 0.506 e. The topological polar surface area (TPSA) is 46.0 Å². The summed E-state index contributed by atoms with van der Waals surface area (Å²) in [6.45, 7) is 1.94. The number of aromatic nitrogens is 2. The van der Waals surface area contributed by atoms with E-state index in [4.69, 9.17) is 0 Å². The predicted molar refractivity (Wildman–Crippen MR) is 45.9 cm³/mol. The second kappa shape index (κ2) is 2.44. The first-order chi connectivity index (χ1) is 5.79. The summed E-state index contributed by atoms with van der Waals surface area (Å²) in [5.41, 5.74) is 1.59. The number of nitrogens with zero attached hydrogens (tertiary/aromatic N) is 2. The lowest BCUT2D eigenvalue weighted by molar-refractivity contribution is 0.480. The minimum Gasteiger partial charge on any atom is -0.506 e. The second-order valence-corrected chi connectivity index (χ2v) is 2.70. The molecule has 2 rings (SSSR count). The van der Waals surface area contributed by atoms with Gasteiger partial charge in [0.15, 0.2) is 0 Å². The molecule has 60 valence electrons. The third-order valence-electron chi connectivity index (χ3n) is 1.85. The molecule has 1 heterocycles. The highest BCUT2D eigenvalue weighted by Gasteiger charge is 2.01. The number of phenolic OH excluding ortho intramolecular Hbond substituents is 1. The van der Waals surface area contributed by atoms with Crippen molar-refractivity contribution in [1.82, 2.24) is 10.2 Å². The second-order valence-electron chi connectivity index (χ2n) is 2.70. The van der Waals surface area contributed by atoms with E-state index in [1.165, 1.54) is 0 Å². The van der Waals surface area contributed by atoms with Gasteiger partial charge in [0, 0.05) is 5.39 Å². The van der Waals surface area contributed by atoms with Gasteiger partial charge >= 0.3 is 0 Å². The molecule has 0 saturated heterocycles. The minimum atomic E-state index is 0.184. The number of hydrogen-bond donors (Lipinski definition) is 1. The molecule has 1 N–H and O–H groups in total. The van der Waals surface area contributed by atoms with Crippen molar-refractivity contribution >= 4 is 10.9 Å². The van der Waals surface area contributed by atoms with Crippen molar-refractivity contribution in [3.8, 4) is 5.75 Å². The van der Waals surface area contributed by atoms with Crippen LogP contribution in [0.1, 0.15) is 5.56 Å². The Morgan fingerprint density at radius 2 is 2.17 bits per heavy atom. The number of benzene rings is 1. The Morgan fingerprint density at radius 3 is 2.92 bits per heavy atom. The summed E-state index contributed by atoms with van der Waals surface area (Å²) in [5, 5.41) is 17.9. The quantitative estimate of drug-likeness (QED) is 0.637. The summed E-state index contributed by atoms with van der Waals surface area (Å²) in [6, 6.07) is 5.32. The molecule has 0 amide bonds. The van der Waals surface area contributed by atoms with Gasteiger partial charge in [0.2, 0.25) is 0 Å². The van der Waals surface area contributed by atoms with E-state index in [9.17, 15) is 5.11 Å². The third-order valence-corrected chi connectivity index (χ3v) is 1.85. The molecule has 0 aliphatic rings. The van der Waals surface area contributed by atoms with Crippen LogP contribution in [-0.4, -0.2) is 15.3 Å². The first kappa shape index (κ1) is 7.03. The van der Waals surface area contributed by atoms with E-state index in [2.05, 4.69) is 10.2 Å². The predicted octanol–water partition coefficient (Wildman–Crippen LogP) is 1.64. The smallest absolute Gasteiger partial charge is 0.143 e. The van der Waals surface area contributed by atoms with Crippen molar-refractivity contribution < 1.29 is 5.11 Å². The van der Waals surface area contributed by atoms with Crippen LogP contribution in [0.5, 0.6) is 5.75 Å². The van der Waals surface area contributed by atoms with Gasteiger partial charge in [-0.3, -0.25) is 0 Å². The number of aryl methyl sites for hydroxylation is 1. The highest BCUT2D eigenvalue weighted by Crippen LogP contribution is 2.22. The lowest BCUT2D eigenvalue weighted by atomic mass is 10.1. The average Bonchev–Trinajstić information content (AvgIpc) is 2.07. The van der Waals surface area contributed by atoms with Gasteiger partial charge in [-0.1, -0.05) is 12.1 Å². The van der Waals surface area contributed by atoms with Crippen LogP contribution >= 0.6 is 0 Å². The van der Waals surface area contributed by atoms with Crippen molar-refractivity contribution in [2.75, 3.05) is 0 Å². The molecule has 0 bridgehead atoms. The maximum Gasteiger partial charge on any atom is 0.143 e. The number of fused-ring (bicyclic) bond motifs is 1. The summed E-state index contributed by atoms with van der Waals surface area (Å²) in [6.07, 6.45) is 1.68. The Hall–Kier alpha value is -1.64. The molecule has 0 saturated carbocycles. The van der Waals surface area contributed by atoms with E-state index in [0.29, 0.717) is 5.52 Å². The van der Waals surface area contributed by atoms with Gasteiger partial charge in [-0.25, -0.2) is 0 Å². The van der Waals surface area contributed by atoms with E-state index in [1.54, 1.807) is 18.3 Å². The van der Waals surface area contributed by atoms with Gasteiger partial charge in [-0.2, -0.15) is 5.10 Å². The van der Waals surface area contributed by atoms with Crippen molar-refractivity contribution in [2.24, 2.45) is 0 Å². The van der Waals surface area contributed by atoms with Crippen LogP contribution in [0.4, 0.5) is 0 Å². The van der Waals surface area contributed by atoms with Gasteiger partial charge < -0.3 is 5.11 Å². The molecule has 0 unspecified atom stereocenters. The molecule has 0 atom stereocenters. The Bertz CT molecular complexity index is 385. The van der Waals surface area contributed by atoms with Crippen molar-refractivity contribution in [2.45, 2.75) is 6.92 Å². The van der Waals surface area contributed by atoms with Crippen LogP contribution in [0.15, 0.2) is 24.4 Å². The monoisotopic (exact) mass is 160 g/mol. The van der Waals surface area contributed by atoms with E-state index in [1.807, 2.05) is 13.0 Å². The Labute approximate surface area is 69.7 Å².